The molecule has 0 aliphatic heterocycles. The van der Waals surface area contributed by atoms with E-state index in [9.17, 15) is 31.0 Å². The number of nitrogens with one attached hydrogen (secondary N) is 1. The van der Waals surface area contributed by atoms with Gasteiger partial charge < -0.3 is 14.2 Å². The Balaban J connectivity index is 1.75. The molecule has 0 radical (unpaired) electrons. The van der Waals surface area contributed by atoms with Gasteiger partial charge in [-0.25, -0.2) is 13.0 Å². The highest BCUT2D eigenvalue weighted by Gasteiger charge is 2.35. The molecule has 0 saturated heterocycles. The molecule has 0 fully saturated rings. The molecule has 1 aromatic heterocycles. The molecule has 1 heterocycles. The third-order valence-electron chi connectivity index (χ3n) is 4.33. The van der Waals surface area contributed by atoms with Crippen LogP contribution in [0.1, 0.15) is 24.5 Å². The van der Waals surface area contributed by atoms with Gasteiger partial charge in [0.15, 0.2) is 0 Å². The fourth-order valence-corrected chi connectivity index (χ4v) is 6.75. The first-order valence-corrected chi connectivity index (χ1v) is 13.7. The lowest BCUT2D eigenvalue weighted by atomic mass is 10.1. The second kappa shape index (κ2) is 9.93. The van der Waals surface area contributed by atoms with E-state index in [1.165, 1.54) is 12.1 Å². The molecule has 1 atom stereocenters. The molecule has 182 valence electrons. The minimum absolute atomic E-state index is 0.132. The molecule has 3 aromatic rings. The summed E-state index contributed by atoms with van der Waals surface area (Å²) in [6.45, 7) is 2.44. The molecule has 14 heteroatoms. The van der Waals surface area contributed by atoms with Gasteiger partial charge in [0, 0.05) is 4.70 Å². The van der Waals surface area contributed by atoms with Crippen molar-refractivity contribution in [3.8, 4) is 17.6 Å². The van der Waals surface area contributed by atoms with Crippen LogP contribution in [-0.2, 0) is 20.8 Å². The minimum Gasteiger partial charge on any atom is -0.494 e. The van der Waals surface area contributed by atoms with Crippen LogP contribution in [0.15, 0.2) is 46.7 Å². The predicted octanol–water partition coefficient (Wildman–Crippen LogP) is 5.08. The highest BCUT2D eigenvalue weighted by molar-refractivity contribution is 7.92. The topological polar surface area (TPSA) is 126 Å². The number of alkyl halides is 3. The van der Waals surface area contributed by atoms with Gasteiger partial charge in [-0.15, -0.1) is 11.3 Å². The number of halogens is 3. The van der Waals surface area contributed by atoms with Gasteiger partial charge >= 0.3 is 13.8 Å². The molecule has 2 N–H and O–H groups in total. The summed E-state index contributed by atoms with van der Waals surface area (Å²) in [6, 6.07) is 9.91. The molecule has 0 aliphatic carbocycles. The third-order valence-corrected chi connectivity index (χ3v) is 8.57. The number of nitrogens with zero attached hydrogens (tertiary/aromatic N) is 1. The number of sulfonamides is 1. The normalized spacial score (nSPS) is 13.9. The standard InChI is InChI=1S/C20H18F3N2O6PS2/c1-2-7-30-15-5-3-13-8-19(33-18(13)10-15)34(28,29)25-12-32(26,27)31-16-6-4-14(11-24)17(9-16)20(21,22)23/h3-6,8-10,25H,2,7,12H2,1H3,(H,26,27). The van der Waals surface area contributed by atoms with Crippen LogP contribution in [0, 0.1) is 11.3 Å². The summed E-state index contributed by atoms with van der Waals surface area (Å²) < 4.78 is 89.5. The average molecular weight is 534 g/mol. The summed E-state index contributed by atoms with van der Waals surface area (Å²) in [7, 11) is -8.97. The Bertz CT molecular complexity index is 1400. The maximum Gasteiger partial charge on any atom is 0.417 e. The molecule has 0 saturated carbocycles. The van der Waals surface area contributed by atoms with Crippen molar-refractivity contribution in [2.24, 2.45) is 0 Å². The Labute approximate surface area is 197 Å². The molecule has 34 heavy (non-hydrogen) atoms. The SMILES string of the molecule is CCCOc1ccc2cc(S(=O)(=O)NCP(=O)(O)Oc3ccc(C#N)c(C(F)(F)F)c3)sc2c1. The first-order chi connectivity index (χ1) is 15.8. The van der Waals surface area contributed by atoms with Crippen molar-refractivity contribution in [1.29, 1.82) is 5.26 Å². The largest absolute Gasteiger partial charge is 0.494 e. The summed E-state index contributed by atoms with van der Waals surface area (Å²) in [6.07, 6.45) is -5.18. The molecule has 0 aliphatic rings. The van der Waals surface area contributed by atoms with Crippen LogP contribution in [0.2, 0.25) is 0 Å². The van der Waals surface area contributed by atoms with Gasteiger partial charge in [-0.05, 0) is 54.3 Å². The fourth-order valence-electron chi connectivity index (χ4n) is 2.78. The van der Waals surface area contributed by atoms with Crippen LogP contribution in [0.25, 0.3) is 10.1 Å². The Hall–Kier alpha value is -2.62. The number of thiophene rings is 1. The number of fused-ring (bicyclic) bond motifs is 1. The van der Waals surface area contributed by atoms with Crippen molar-refractivity contribution in [1.82, 2.24) is 4.72 Å². The van der Waals surface area contributed by atoms with Crippen LogP contribution >= 0.6 is 18.9 Å². The summed E-state index contributed by atoms with van der Waals surface area (Å²) in [4.78, 5) is 10.0. The van der Waals surface area contributed by atoms with Crippen LogP contribution in [0.3, 0.4) is 0 Å². The molecule has 8 nitrogen and oxygen atoms in total. The maximum absolute atomic E-state index is 13.1. The lowest BCUT2D eigenvalue weighted by molar-refractivity contribution is -0.137. The number of benzene rings is 2. The first-order valence-electron chi connectivity index (χ1n) is 9.63. The highest BCUT2D eigenvalue weighted by Crippen LogP contribution is 2.44. The number of nitriles is 1. The summed E-state index contributed by atoms with van der Waals surface area (Å²) in [5.74, 6) is -0.0696. The average Bonchev–Trinajstić information content (AvgIpc) is 3.20. The molecule has 1 unspecified atom stereocenters. The van der Waals surface area contributed by atoms with Crippen LogP contribution in [0.5, 0.6) is 11.5 Å². The molecular formula is C20H18F3N2O6PS2. The molecular weight excluding hydrogens is 516 g/mol. The van der Waals surface area contributed by atoms with Crippen molar-refractivity contribution >= 4 is 39.0 Å². The first kappa shape index (κ1) is 26.0. The maximum atomic E-state index is 13.1. The van der Waals surface area contributed by atoms with E-state index in [1.54, 1.807) is 18.2 Å². The van der Waals surface area contributed by atoms with Gasteiger partial charge in [0.05, 0.1) is 23.8 Å². The number of rotatable bonds is 9. The van der Waals surface area contributed by atoms with Crippen molar-refractivity contribution in [3.63, 3.8) is 0 Å². The number of hydrogen-bond acceptors (Lipinski definition) is 7. The highest BCUT2D eigenvalue weighted by atomic mass is 32.2. The third kappa shape index (κ3) is 6.28. The van der Waals surface area contributed by atoms with Crippen LogP contribution in [0.4, 0.5) is 13.2 Å². The summed E-state index contributed by atoms with van der Waals surface area (Å²) in [5, 5.41) is 9.44. The van der Waals surface area contributed by atoms with E-state index < -0.39 is 47.0 Å². The van der Waals surface area contributed by atoms with Crippen molar-refractivity contribution < 1.29 is 40.3 Å². The predicted molar refractivity (Wildman–Crippen MR) is 119 cm³/mol. The van der Waals surface area contributed by atoms with E-state index in [2.05, 4.69) is 0 Å². The zero-order valence-electron chi connectivity index (χ0n) is 17.5. The van der Waals surface area contributed by atoms with E-state index >= 15 is 0 Å². The molecule has 2 aromatic carbocycles. The van der Waals surface area contributed by atoms with Gasteiger partial charge in [0.1, 0.15) is 22.0 Å². The Morgan fingerprint density at radius 1 is 1.18 bits per heavy atom. The lowest BCUT2D eigenvalue weighted by Gasteiger charge is -2.16. The zero-order chi connectivity index (χ0) is 25.1. The number of ether oxygens (including phenoxy) is 1. The van der Waals surface area contributed by atoms with Crippen molar-refractivity contribution in [2.75, 3.05) is 12.9 Å². The second-order valence-electron chi connectivity index (χ2n) is 6.97. The fraction of sp³-hybridized carbons (Fsp3) is 0.250. The van der Waals surface area contributed by atoms with E-state index in [1.807, 2.05) is 11.6 Å². The second-order valence-corrected chi connectivity index (χ2v) is 11.8. The van der Waals surface area contributed by atoms with Crippen LogP contribution in [-0.4, -0.2) is 26.2 Å². The van der Waals surface area contributed by atoms with E-state index in [4.69, 9.17) is 14.5 Å². The van der Waals surface area contributed by atoms with E-state index in [0.29, 0.717) is 28.5 Å². The quantitative estimate of drug-likeness (QED) is 0.367. The Morgan fingerprint density at radius 3 is 2.53 bits per heavy atom. The number of hydrogen-bond donors (Lipinski definition) is 2. The van der Waals surface area contributed by atoms with Gasteiger partial charge in [0.2, 0.25) is 0 Å². The summed E-state index contributed by atoms with van der Waals surface area (Å²) in [5.41, 5.74) is -2.04. The Kier molecular flexibility index (Phi) is 7.59. The lowest BCUT2D eigenvalue weighted by Crippen LogP contribution is -2.25. The smallest absolute Gasteiger partial charge is 0.417 e. The van der Waals surface area contributed by atoms with Crippen molar-refractivity contribution in [3.05, 3.63) is 53.6 Å². The monoisotopic (exact) mass is 534 g/mol. The van der Waals surface area contributed by atoms with Gasteiger partial charge in [-0.2, -0.15) is 23.2 Å². The van der Waals surface area contributed by atoms with Gasteiger partial charge in [-0.3, -0.25) is 0 Å². The van der Waals surface area contributed by atoms with Crippen molar-refractivity contribution in [2.45, 2.75) is 23.7 Å². The van der Waals surface area contributed by atoms with Gasteiger partial charge in [0.25, 0.3) is 10.0 Å². The Morgan fingerprint density at radius 2 is 1.88 bits per heavy atom. The summed E-state index contributed by atoms with van der Waals surface area (Å²) >= 11 is 0.917. The molecule has 0 amide bonds. The van der Waals surface area contributed by atoms with Crippen LogP contribution < -0.4 is 14.0 Å². The molecule has 0 spiro atoms. The van der Waals surface area contributed by atoms with E-state index in [-0.39, 0.29) is 4.21 Å². The van der Waals surface area contributed by atoms with Gasteiger partial charge in [-0.1, -0.05) is 6.92 Å². The zero-order valence-corrected chi connectivity index (χ0v) is 20.0. The molecule has 0 bridgehead atoms. The minimum atomic E-state index is -4.89. The molecule has 3 rings (SSSR count). The van der Waals surface area contributed by atoms with E-state index in [0.717, 1.165) is 29.9 Å².